The van der Waals surface area contributed by atoms with Crippen LogP contribution in [0, 0.1) is 12.3 Å². The fraction of sp³-hybridized carbons (Fsp3) is 0.333. The monoisotopic (exact) mass is 197 g/mol. The van der Waals surface area contributed by atoms with Gasteiger partial charge in [0.1, 0.15) is 0 Å². The van der Waals surface area contributed by atoms with E-state index in [-0.39, 0.29) is 0 Å². The Morgan fingerprint density at radius 2 is 2.33 bits per heavy atom. The van der Waals surface area contributed by atoms with Gasteiger partial charge in [0.15, 0.2) is 5.65 Å². The van der Waals surface area contributed by atoms with Crippen LogP contribution in [0.15, 0.2) is 18.5 Å². The van der Waals surface area contributed by atoms with Gasteiger partial charge in [-0.1, -0.05) is 12.3 Å². The third kappa shape index (κ3) is 1.15. The maximum absolute atomic E-state index is 5.53. The highest BCUT2D eigenvalue weighted by Crippen LogP contribution is 2.37. The van der Waals surface area contributed by atoms with Gasteiger partial charge in [-0.3, -0.25) is 0 Å². The molecule has 0 amide bonds. The molecule has 15 heavy (non-hydrogen) atoms. The van der Waals surface area contributed by atoms with E-state index in [0.29, 0.717) is 5.92 Å². The normalized spacial score (nSPS) is 16.2. The Bertz CT molecular complexity index is 543. The Hall–Kier alpha value is -1.82. The van der Waals surface area contributed by atoms with Crippen molar-refractivity contribution in [2.75, 3.05) is 0 Å². The molecule has 2 aromatic heterocycles. The molecule has 1 fully saturated rings. The van der Waals surface area contributed by atoms with E-state index in [4.69, 9.17) is 6.42 Å². The zero-order valence-electron chi connectivity index (χ0n) is 8.35. The minimum absolute atomic E-state index is 0.553. The van der Waals surface area contributed by atoms with E-state index in [1.54, 1.807) is 10.7 Å². The highest BCUT2D eigenvalue weighted by molar-refractivity contribution is 5.59. The second-order valence-corrected chi connectivity index (χ2v) is 3.92. The second-order valence-electron chi connectivity index (χ2n) is 3.92. The van der Waals surface area contributed by atoms with Crippen molar-refractivity contribution >= 4 is 5.65 Å². The fourth-order valence-corrected chi connectivity index (χ4v) is 2.01. The second kappa shape index (κ2) is 3.09. The summed E-state index contributed by atoms with van der Waals surface area (Å²) in [5.41, 5.74) is 2.74. The van der Waals surface area contributed by atoms with Gasteiger partial charge in [-0.2, -0.15) is 5.10 Å². The van der Waals surface area contributed by atoms with Gasteiger partial charge in [0.25, 0.3) is 0 Å². The Kier molecular flexibility index (Phi) is 1.75. The first-order valence-electron chi connectivity index (χ1n) is 5.20. The minimum Gasteiger partial charge on any atom is -0.236 e. The van der Waals surface area contributed by atoms with Gasteiger partial charge >= 0.3 is 0 Å². The number of hydrogen-bond donors (Lipinski definition) is 0. The summed E-state index contributed by atoms with van der Waals surface area (Å²) in [4.78, 5) is 4.27. The van der Waals surface area contributed by atoms with Gasteiger partial charge in [-0.05, 0) is 18.9 Å². The predicted octanol–water partition coefficient (Wildman–Crippen LogP) is 1.98. The molecule has 0 bridgehead atoms. The van der Waals surface area contributed by atoms with E-state index in [9.17, 15) is 0 Å². The Morgan fingerprint density at radius 3 is 3.00 bits per heavy atom. The quantitative estimate of drug-likeness (QED) is 0.654. The van der Waals surface area contributed by atoms with Gasteiger partial charge in [0, 0.05) is 18.3 Å². The molecule has 0 aromatic carbocycles. The molecule has 2 aromatic rings. The first-order chi connectivity index (χ1) is 7.40. The SMILES string of the molecule is C#Cc1c(C2CCC2)nn2cccnc12. The first-order valence-corrected chi connectivity index (χ1v) is 5.20. The van der Waals surface area contributed by atoms with E-state index >= 15 is 0 Å². The summed E-state index contributed by atoms with van der Waals surface area (Å²) in [6.45, 7) is 0. The topological polar surface area (TPSA) is 30.2 Å². The van der Waals surface area contributed by atoms with Crippen LogP contribution in [0.4, 0.5) is 0 Å². The van der Waals surface area contributed by atoms with Gasteiger partial charge < -0.3 is 0 Å². The number of fused-ring (bicyclic) bond motifs is 1. The molecule has 74 valence electrons. The van der Waals surface area contributed by atoms with Crippen LogP contribution in [-0.2, 0) is 0 Å². The Labute approximate surface area is 88.1 Å². The summed E-state index contributed by atoms with van der Waals surface area (Å²) in [7, 11) is 0. The van der Waals surface area contributed by atoms with E-state index < -0.39 is 0 Å². The molecule has 1 aliphatic rings. The van der Waals surface area contributed by atoms with Crippen molar-refractivity contribution in [2.45, 2.75) is 25.2 Å². The first kappa shape index (κ1) is 8.49. The molecule has 0 unspecified atom stereocenters. The third-order valence-electron chi connectivity index (χ3n) is 3.06. The summed E-state index contributed by atoms with van der Waals surface area (Å²) in [6.07, 6.45) is 12.9. The highest BCUT2D eigenvalue weighted by atomic mass is 15.2. The maximum Gasteiger partial charge on any atom is 0.171 e. The molecule has 0 saturated heterocycles. The summed E-state index contributed by atoms with van der Waals surface area (Å²) in [6, 6.07) is 1.87. The smallest absolute Gasteiger partial charge is 0.171 e. The maximum atomic E-state index is 5.53. The van der Waals surface area contributed by atoms with Gasteiger partial charge in [-0.25, -0.2) is 9.50 Å². The van der Waals surface area contributed by atoms with Gasteiger partial charge in [-0.15, -0.1) is 6.42 Å². The highest BCUT2D eigenvalue weighted by Gasteiger charge is 2.26. The zero-order chi connectivity index (χ0) is 10.3. The molecule has 3 nitrogen and oxygen atoms in total. The largest absolute Gasteiger partial charge is 0.236 e. The summed E-state index contributed by atoms with van der Waals surface area (Å²) in [5.74, 6) is 3.28. The van der Waals surface area contributed by atoms with Crippen molar-refractivity contribution in [1.29, 1.82) is 0 Å². The summed E-state index contributed by atoms with van der Waals surface area (Å²) in [5, 5.41) is 4.52. The number of rotatable bonds is 1. The van der Waals surface area contributed by atoms with E-state index in [1.165, 1.54) is 19.3 Å². The number of terminal acetylenes is 1. The van der Waals surface area contributed by atoms with Crippen LogP contribution in [-0.4, -0.2) is 14.6 Å². The Balaban J connectivity index is 2.25. The van der Waals surface area contributed by atoms with Crippen molar-refractivity contribution in [3.63, 3.8) is 0 Å². The standard InChI is InChI=1S/C12H11N3/c1-2-10-11(9-5-3-6-9)14-15-8-4-7-13-12(10)15/h1,4,7-9H,3,5-6H2. The fourth-order valence-electron chi connectivity index (χ4n) is 2.01. The van der Waals surface area contributed by atoms with Crippen LogP contribution in [0.1, 0.15) is 36.4 Å². The van der Waals surface area contributed by atoms with E-state index in [2.05, 4.69) is 16.0 Å². The molecule has 3 rings (SSSR count). The summed E-state index contributed by atoms with van der Waals surface area (Å²) >= 11 is 0. The van der Waals surface area contributed by atoms with Gasteiger partial charge in [0.05, 0.1) is 11.3 Å². The van der Waals surface area contributed by atoms with Crippen molar-refractivity contribution in [2.24, 2.45) is 0 Å². The molecule has 1 aliphatic carbocycles. The number of hydrogen-bond acceptors (Lipinski definition) is 2. The lowest BCUT2D eigenvalue weighted by molar-refractivity contribution is 0.409. The van der Waals surface area contributed by atoms with E-state index in [0.717, 1.165) is 16.9 Å². The lowest BCUT2D eigenvalue weighted by Gasteiger charge is -2.23. The Morgan fingerprint density at radius 1 is 1.47 bits per heavy atom. The molecule has 3 heteroatoms. The number of aromatic nitrogens is 3. The summed E-state index contributed by atoms with van der Waals surface area (Å²) < 4.78 is 1.78. The average Bonchev–Trinajstić information content (AvgIpc) is 2.53. The third-order valence-corrected chi connectivity index (χ3v) is 3.06. The lowest BCUT2D eigenvalue weighted by Crippen LogP contribution is -2.10. The molecule has 0 aliphatic heterocycles. The lowest BCUT2D eigenvalue weighted by atomic mass is 9.81. The molecule has 0 spiro atoms. The zero-order valence-corrected chi connectivity index (χ0v) is 8.35. The number of nitrogens with zero attached hydrogens (tertiary/aromatic N) is 3. The van der Waals surface area contributed by atoms with Crippen molar-refractivity contribution < 1.29 is 0 Å². The molecular weight excluding hydrogens is 186 g/mol. The molecule has 2 heterocycles. The molecule has 0 radical (unpaired) electrons. The molecule has 1 saturated carbocycles. The molecule has 0 N–H and O–H groups in total. The van der Waals surface area contributed by atoms with Crippen LogP contribution < -0.4 is 0 Å². The van der Waals surface area contributed by atoms with Crippen LogP contribution >= 0.6 is 0 Å². The van der Waals surface area contributed by atoms with E-state index in [1.807, 2.05) is 12.3 Å². The van der Waals surface area contributed by atoms with Crippen LogP contribution in [0.2, 0.25) is 0 Å². The van der Waals surface area contributed by atoms with Gasteiger partial charge in [0.2, 0.25) is 0 Å². The average molecular weight is 197 g/mol. The van der Waals surface area contributed by atoms with Crippen LogP contribution in [0.3, 0.4) is 0 Å². The van der Waals surface area contributed by atoms with Crippen molar-refractivity contribution in [3.8, 4) is 12.3 Å². The van der Waals surface area contributed by atoms with Crippen LogP contribution in [0.25, 0.3) is 5.65 Å². The van der Waals surface area contributed by atoms with Crippen molar-refractivity contribution in [3.05, 3.63) is 29.7 Å². The van der Waals surface area contributed by atoms with Crippen LogP contribution in [0.5, 0.6) is 0 Å². The van der Waals surface area contributed by atoms with Crippen molar-refractivity contribution in [1.82, 2.24) is 14.6 Å². The molecule has 0 atom stereocenters. The minimum atomic E-state index is 0.553. The molecular formula is C12H11N3. The predicted molar refractivity (Wildman–Crippen MR) is 57.5 cm³/mol.